The van der Waals surface area contributed by atoms with Crippen LogP contribution in [0.4, 0.5) is 0 Å². The standard InChI is InChI=1S/C17H17N3O3/c1-11-2-3-14-13(8-11)9-15(23-14)17(21)20-6-4-12(5-7-20)16-18-10-22-19-16/h2-3,8-10,12H,4-7H2,1H3. The molecule has 1 aliphatic heterocycles. The molecule has 3 aromatic rings. The van der Waals surface area contributed by atoms with E-state index in [9.17, 15) is 4.79 Å². The smallest absolute Gasteiger partial charge is 0.289 e. The topological polar surface area (TPSA) is 72.4 Å². The fourth-order valence-corrected chi connectivity index (χ4v) is 3.12. The summed E-state index contributed by atoms with van der Waals surface area (Å²) in [4.78, 5) is 18.6. The maximum absolute atomic E-state index is 12.6. The number of piperidine rings is 1. The average Bonchev–Trinajstić information content (AvgIpc) is 3.23. The zero-order valence-corrected chi connectivity index (χ0v) is 12.9. The summed E-state index contributed by atoms with van der Waals surface area (Å²) in [6.45, 7) is 3.37. The Morgan fingerprint density at radius 2 is 2.09 bits per heavy atom. The van der Waals surface area contributed by atoms with Gasteiger partial charge in [0.15, 0.2) is 11.6 Å². The minimum atomic E-state index is -0.0505. The van der Waals surface area contributed by atoms with Crippen LogP contribution in [-0.4, -0.2) is 34.0 Å². The van der Waals surface area contributed by atoms with Gasteiger partial charge in [-0.05, 0) is 38.0 Å². The second-order valence-corrected chi connectivity index (χ2v) is 6.01. The molecule has 0 aliphatic carbocycles. The van der Waals surface area contributed by atoms with Crippen LogP contribution in [0.5, 0.6) is 0 Å². The number of aromatic nitrogens is 2. The van der Waals surface area contributed by atoms with Crippen molar-refractivity contribution in [3.8, 4) is 0 Å². The van der Waals surface area contributed by atoms with Gasteiger partial charge in [0, 0.05) is 24.4 Å². The lowest BCUT2D eigenvalue weighted by molar-refractivity contribution is 0.0681. The largest absolute Gasteiger partial charge is 0.451 e. The predicted molar refractivity (Wildman–Crippen MR) is 83.1 cm³/mol. The molecule has 1 saturated heterocycles. The minimum Gasteiger partial charge on any atom is -0.451 e. The predicted octanol–water partition coefficient (Wildman–Crippen LogP) is 3.14. The fraction of sp³-hybridized carbons (Fsp3) is 0.353. The third-order valence-corrected chi connectivity index (χ3v) is 4.41. The van der Waals surface area contributed by atoms with Crippen molar-refractivity contribution in [2.45, 2.75) is 25.7 Å². The number of furan rings is 1. The van der Waals surface area contributed by atoms with Gasteiger partial charge in [-0.25, -0.2) is 0 Å². The molecule has 6 nitrogen and oxygen atoms in total. The van der Waals surface area contributed by atoms with E-state index >= 15 is 0 Å². The van der Waals surface area contributed by atoms with E-state index in [0.717, 1.165) is 35.2 Å². The van der Waals surface area contributed by atoms with Crippen molar-refractivity contribution in [1.29, 1.82) is 0 Å². The molecule has 1 amide bonds. The maximum Gasteiger partial charge on any atom is 0.289 e. The molecule has 0 spiro atoms. The van der Waals surface area contributed by atoms with E-state index in [4.69, 9.17) is 8.94 Å². The molecule has 0 bridgehead atoms. The third kappa shape index (κ3) is 2.60. The number of rotatable bonds is 2. The van der Waals surface area contributed by atoms with Crippen LogP contribution in [0, 0.1) is 6.92 Å². The van der Waals surface area contributed by atoms with Crippen molar-refractivity contribution in [3.05, 3.63) is 47.8 Å². The monoisotopic (exact) mass is 311 g/mol. The first kappa shape index (κ1) is 14.0. The van der Waals surface area contributed by atoms with E-state index in [1.165, 1.54) is 6.39 Å². The highest BCUT2D eigenvalue weighted by molar-refractivity contribution is 5.96. The molecule has 2 aromatic heterocycles. The second-order valence-electron chi connectivity index (χ2n) is 6.01. The van der Waals surface area contributed by atoms with E-state index in [1.807, 2.05) is 36.1 Å². The van der Waals surface area contributed by atoms with Gasteiger partial charge >= 0.3 is 0 Å². The van der Waals surface area contributed by atoms with Crippen molar-refractivity contribution >= 4 is 16.9 Å². The Kier molecular flexibility index (Phi) is 3.37. The van der Waals surface area contributed by atoms with Crippen LogP contribution in [0.1, 0.15) is 40.7 Å². The number of likely N-dealkylation sites (tertiary alicyclic amines) is 1. The van der Waals surface area contributed by atoms with Gasteiger partial charge in [0.1, 0.15) is 5.58 Å². The Labute approximate surface area is 133 Å². The van der Waals surface area contributed by atoms with Crippen molar-refractivity contribution in [1.82, 2.24) is 15.0 Å². The quantitative estimate of drug-likeness (QED) is 0.727. The maximum atomic E-state index is 12.6. The number of hydrogen-bond donors (Lipinski definition) is 0. The highest BCUT2D eigenvalue weighted by atomic mass is 16.5. The molecule has 0 N–H and O–H groups in total. The van der Waals surface area contributed by atoms with Gasteiger partial charge in [-0.2, -0.15) is 4.98 Å². The molecule has 23 heavy (non-hydrogen) atoms. The lowest BCUT2D eigenvalue weighted by Crippen LogP contribution is -2.37. The zero-order valence-electron chi connectivity index (χ0n) is 12.9. The first-order valence-electron chi connectivity index (χ1n) is 7.76. The molecule has 1 aromatic carbocycles. The summed E-state index contributed by atoms with van der Waals surface area (Å²) >= 11 is 0. The number of hydrogen-bond acceptors (Lipinski definition) is 5. The van der Waals surface area contributed by atoms with E-state index < -0.39 is 0 Å². The second kappa shape index (κ2) is 5.53. The molecule has 118 valence electrons. The fourth-order valence-electron chi connectivity index (χ4n) is 3.12. The number of carbonyl (C=O) groups is 1. The van der Waals surface area contributed by atoms with Gasteiger partial charge in [0.05, 0.1) is 0 Å². The molecule has 1 fully saturated rings. The molecule has 4 rings (SSSR count). The van der Waals surface area contributed by atoms with Crippen LogP contribution in [0.2, 0.25) is 0 Å². The van der Waals surface area contributed by atoms with Crippen molar-refractivity contribution < 1.29 is 13.7 Å². The highest BCUT2D eigenvalue weighted by Crippen LogP contribution is 2.27. The molecule has 3 heterocycles. The number of carbonyl (C=O) groups excluding carboxylic acids is 1. The average molecular weight is 311 g/mol. The van der Waals surface area contributed by atoms with E-state index in [0.29, 0.717) is 18.8 Å². The summed E-state index contributed by atoms with van der Waals surface area (Å²) in [6.07, 6.45) is 3.03. The molecular weight excluding hydrogens is 294 g/mol. The van der Waals surface area contributed by atoms with Gasteiger partial charge in [0.2, 0.25) is 6.39 Å². The Morgan fingerprint density at radius 1 is 1.26 bits per heavy atom. The Morgan fingerprint density at radius 3 is 2.83 bits per heavy atom. The summed E-state index contributed by atoms with van der Waals surface area (Å²) in [6, 6.07) is 7.74. The molecule has 0 unspecified atom stereocenters. The Balaban J connectivity index is 1.48. The highest BCUT2D eigenvalue weighted by Gasteiger charge is 2.28. The zero-order chi connectivity index (χ0) is 15.8. The normalized spacial score (nSPS) is 16.1. The lowest BCUT2D eigenvalue weighted by atomic mass is 9.96. The van der Waals surface area contributed by atoms with Crippen LogP contribution in [0.25, 0.3) is 11.0 Å². The van der Waals surface area contributed by atoms with E-state index in [2.05, 4.69) is 10.1 Å². The molecule has 6 heteroatoms. The SMILES string of the molecule is Cc1ccc2oc(C(=O)N3CCC(c4ncon4)CC3)cc2c1. The first-order chi connectivity index (χ1) is 11.2. The van der Waals surface area contributed by atoms with Crippen LogP contribution in [0.15, 0.2) is 39.6 Å². The summed E-state index contributed by atoms with van der Waals surface area (Å²) in [5.41, 5.74) is 1.90. The molecular formula is C17H17N3O3. The van der Waals surface area contributed by atoms with Crippen LogP contribution in [0.3, 0.4) is 0 Å². The van der Waals surface area contributed by atoms with Crippen molar-refractivity contribution in [2.24, 2.45) is 0 Å². The van der Waals surface area contributed by atoms with Crippen LogP contribution < -0.4 is 0 Å². The van der Waals surface area contributed by atoms with Crippen molar-refractivity contribution in [2.75, 3.05) is 13.1 Å². The first-order valence-corrected chi connectivity index (χ1v) is 7.76. The Hall–Kier alpha value is -2.63. The van der Waals surface area contributed by atoms with Crippen LogP contribution in [-0.2, 0) is 0 Å². The van der Waals surface area contributed by atoms with Gasteiger partial charge in [0.25, 0.3) is 5.91 Å². The van der Waals surface area contributed by atoms with Crippen LogP contribution >= 0.6 is 0 Å². The van der Waals surface area contributed by atoms with E-state index in [1.54, 1.807) is 0 Å². The van der Waals surface area contributed by atoms with Crippen molar-refractivity contribution in [3.63, 3.8) is 0 Å². The number of nitrogens with zero attached hydrogens (tertiary/aromatic N) is 3. The molecule has 0 radical (unpaired) electrons. The van der Waals surface area contributed by atoms with Gasteiger partial charge in [-0.3, -0.25) is 4.79 Å². The van der Waals surface area contributed by atoms with E-state index in [-0.39, 0.29) is 11.8 Å². The minimum absolute atomic E-state index is 0.0505. The molecule has 0 atom stereocenters. The number of amides is 1. The summed E-state index contributed by atoms with van der Waals surface area (Å²) in [7, 11) is 0. The number of aryl methyl sites for hydroxylation is 1. The van der Waals surface area contributed by atoms with Gasteiger partial charge in [-0.1, -0.05) is 16.8 Å². The summed E-state index contributed by atoms with van der Waals surface area (Å²) < 4.78 is 10.5. The summed E-state index contributed by atoms with van der Waals surface area (Å²) in [5.74, 6) is 1.35. The van der Waals surface area contributed by atoms with Gasteiger partial charge < -0.3 is 13.8 Å². The molecule has 0 saturated carbocycles. The molecule has 1 aliphatic rings. The Bertz CT molecular complexity index is 830. The lowest BCUT2D eigenvalue weighted by Gasteiger charge is -2.29. The third-order valence-electron chi connectivity index (χ3n) is 4.41. The number of benzene rings is 1. The summed E-state index contributed by atoms with van der Waals surface area (Å²) in [5, 5.41) is 4.86. The van der Waals surface area contributed by atoms with Gasteiger partial charge in [-0.15, -0.1) is 0 Å². The number of fused-ring (bicyclic) bond motifs is 1.